The second-order valence-corrected chi connectivity index (χ2v) is 6.81. The van der Waals surface area contributed by atoms with Gasteiger partial charge in [-0.2, -0.15) is 5.10 Å². The van der Waals surface area contributed by atoms with Gasteiger partial charge >= 0.3 is 0 Å². The first-order chi connectivity index (χ1) is 12.4. The van der Waals surface area contributed by atoms with Crippen LogP contribution < -0.4 is 15.5 Å². The van der Waals surface area contributed by atoms with Crippen molar-refractivity contribution in [1.29, 1.82) is 0 Å². The van der Waals surface area contributed by atoms with Gasteiger partial charge in [0.1, 0.15) is 6.42 Å². The van der Waals surface area contributed by atoms with Gasteiger partial charge in [-0.25, -0.2) is 5.43 Å². The van der Waals surface area contributed by atoms with Crippen LogP contribution in [0.5, 0.6) is 11.5 Å². The number of anilines is 1. The lowest BCUT2D eigenvalue weighted by Crippen LogP contribution is -2.24. The van der Waals surface area contributed by atoms with Gasteiger partial charge < -0.3 is 15.2 Å². The van der Waals surface area contributed by atoms with E-state index in [4.69, 9.17) is 4.74 Å². The molecule has 0 aliphatic carbocycles. The largest absolute Gasteiger partial charge is 0.504 e. The Balaban J connectivity index is 1.92. The molecule has 7 nitrogen and oxygen atoms in total. The molecule has 0 aromatic heterocycles. The lowest BCUT2D eigenvalue weighted by atomic mass is 10.2. The molecular formula is C17H15Br2N3O4. The van der Waals surface area contributed by atoms with Crippen LogP contribution in [0.4, 0.5) is 5.69 Å². The minimum Gasteiger partial charge on any atom is -0.504 e. The number of hydrazone groups is 1. The summed E-state index contributed by atoms with van der Waals surface area (Å²) in [4.78, 5) is 23.7. The summed E-state index contributed by atoms with van der Waals surface area (Å²) in [5.41, 5.74) is 3.15. The third kappa shape index (κ3) is 5.57. The highest BCUT2D eigenvalue weighted by Crippen LogP contribution is 2.32. The molecule has 2 aromatic carbocycles. The van der Waals surface area contributed by atoms with E-state index >= 15 is 0 Å². The van der Waals surface area contributed by atoms with Crippen LogP contribution in [0.1, 0.15) is 12.0 Å². The van der Waals surface area contributed by atoms with Crippen LogP contribution in [0.25, 0.3) is 0 Å². The van der Waals surface area contributed by atoms with E-state index in [-0.39, 0.29) is 11.5 Å². The van der Waals surface area contributed by atoms with Crippen LogP contribution >= 0.6 is 31.9 Å². The Morgan fingerprint density at radius 1 is 1.23 bits per heavy atom. The normalized spacial score (nSPS) is 10.6. The van der Waals surface area contributed by atoms with E-state index in [9.17, 15) is 14.7 Å². The van der Waals surface area contributed by atoms with Gasteiger partial charge in [0.05, 0.1) is 19.0 Å². The Labute approximate surface area is 166 Å². The molecule has 2 aromatic rings. The molecule has 0 aliphatic heterocycles. The van der Waals surface area contributed by atoms with E-state index in [2.05, 4.69) is 47.7 Å². The molecule has 26 heavy (non-hydrogen) atoms. The molecule has 0 saturated carbocycles. The summed E-state index contributed by atoms with van der Waals surface area (Å²) in [5, 5.41) is 16.4. The van der Waals surface area contributed by atoms with Crippen molar-refractivity contribution in [2.24, 2.45) is 5.10 Å². The monoisotopic (exact) mass is 483 g/mol. The molecule has 0 atom stereocenters. The quantitative estimate of drug-likeness (QED) is 0.332. The van der Waals surface area contributed by atoms with E-state index in [0.717, 1.165) is 0 Å². The number of carbonyl (C=O) groups is 2. The maximum atomic E-state index is 11.9. The molecule has 3 N–H and O–H groups in total. The number of para-hydroxylation sites is 1. The van der Waals surface area contributed by atoms with Gasteiger partial charge in [-0.1, -0.05) is 28.1 Å². The summed E-state index contributed by atoms with van der Waals surface area (Å²) >= 11 is 6.59. The number of ether oxygens (including phenoxy) is 1. The van der Waals surface area contributed by atoms with Gasteiger partial charge in [-0.3, -0.25) is 9.59 Å². The van der Waals surface area contributed by atoms with Crippen LogP contribution in [0.15, 0.2) is 50.4 Å². The minimum absolute atomic E-state index is 0.111. The summed E-state index contributed by atoms with van der Waals surface area (Å²) in [6, 6.07) is 10.3. The Hall–Kier alpha value is -2.39. The van der Waals surface area contributed by atoms with E-state index in [1.165, 1.54) is 13.3 Å². The molecule has 0 aliphatic rings. The fourth-order valence-corrected chi connectivity index (χ4v) is 2.80. The molecule has 9 heteroatoms. The number of hydrogen-bond donors (Lipinski definition) is 3. The van der Waals surface area contributed by atoms with Crippen molar-refractivity contribution < 1.29 is 19.4 Å². The van der Waals surface area contributed by atoms with Gasteiger partial charge in [0.2, 0.25) is 11.8 Å². The first-order valence-electron chi connectivity index (χ1n) is 7.33. The van der Waals surface area contributed by atoms with Gasteiger partial charge in [-0.05, 0) is 40.2 Å². The predicted molar refractivity (Wildman–Crippen MR) is 105 cm³/mol. The van der Waals surface area contributed by atoms with Gasteiger partial charge in [0.15, 0.2) is 11.5 Å². The highest BCUT2D eigenvalue weighted by Gasteiger charge is 2.11. The van der Waals surface area contributed by atoms with Crippen LogP contribution in [0.2, 0.25) is 0 Å². The lowest BCUT2D eigenvalue weighted by molar-refractivity contribution is -0.126. The molecule has 0 heterocycles. The maximum Gasteiger partial charge on any atom is 0.249 e. The molecule has 0 spiro atoms. The Kier molecular flexibility index (Phi) is 7.16. The van der Waals surface area contributed by atoms with E-state index in [1.807, 2.05) is 6.07 Å². The second-order valence-electron chi connectivity index (χ2n) is 5.04. The molecule has 0 radical (unpaired) electrons. The first-order valence-corrected chi connectivity index (χ1v) is 8.92. The fourth-order valence-electron chi connectivity index (χ4n) is 1.96. The number of rotatable bonds is 6. The van der Waals surface area contributed by atoms with Crippen LogP contribution in [-0.4, -0.2) is 30.2 Å². The van der Waals surface area contributed by atoms with Crippen LogP contribution in [-0.2, 0) is 9.59 Å². The summed E-state index contributed by atoms with van der Waals surface area (Å²) < 4.78 is 6.41. The van der Waals surface area contributed by atoms with Gasteiger partial charge in [0.25, 0.3) is 0 Å². The van der Waals surface area contributed by atoms with E-state index in [0.29, 0.717) is 20.2 Å². The molecule has 0 unspecified atom stereocenters. The Morgan fingerprint density at radius 3 is 2.65 bits per heavy atom. The Morgan fingerprint density at radius 2 is 1.96 bits per heavy atom. The topological polar surface area (TPSA) is 100 Å². The summed E-state index contributed by atoms with van der Waals surface area (Å²) in [6.45, 7) is 0. The molecule has 0 fully saturated rings. The van der Waals surface area contributed by atoms with E-state index in [1.54, 1.807) is 30.3 Å². The average molecular weight is 485 g/mol. The maximum absolute atomic E-state index is 11.9. The first kappa shape index (κ1) is 19.9. The number of methoxy groups -OCH3 is 1. The molecular weight excluding hydrogens is 470 g/mol. The SMILES string of the molecule is COc1cc(Br)cc(C=NNC(=O)CC(=O)Nc2ccccc2Br)c1O. The molecule has 2 amide bonds. The van der Waals surface area contributed by atoms with Gasteiger partial charge in [-0.15, -0.1) is 0 Å². The number of amides is 2. The van der Waals surface area contributed by atoms with E-state index < -0.39 is 18.2 Å². The Bertz CT molecular complexity index is 856. The standard InChI is InChI=1S/C17H15Br2N3O4/c1-26-14-7-11(18)6-10(17(14)25)9-20-22-16(24)8-15(23)21-13-5-3-2-4-12(13)19/h2-7,9,25H,8H2,1H3,(H,21,23)(H,22,24). The number of carbonyl (C=O) groups excluding carboxylic acids is 2. The number of phenolic OH excluding ortho intramolecular Hbond substituents is 1. The highest BCUT2D eigenvalue weighted by atomic mass is 79.9. The number of hydrogen-bond acceptors (Lipinski definition) is 5. The van der Waals surface area contributed by atoms with Gasteiger partial charge in [0, 0.05) is 14.5 Å². The summed E-state index contributed by atoms with van der Waals surface area (Å²) in [5.74, 6) is -0.913. The minimum atomic E-state index is -0.591. The van der Waals surface area contributed by atoms with Crippen molar-refractivity contribution in [1.82, 2.24) is 5.43 Å². The zero-order valence-electron chi connectivity index (χ0n) is 13.6. The number of nitrogens with zero attached hydrogens (tertiary/aromatic N) is 1. The van der Waals surface area contributed by atoms with Crippen molar-refractivity contribution in [2.75, 3.05) is 12.4 Å². The van der Waals surface area contributed by atoms with Crippen molar-refractivity contribution in [3.05, 3.63) is 50.9 Å². The number of benzene rings is 2. The third-order valence-electron chi connectivity index (χ3n) is 3.15. The molecule has 0 saturated heterocycles. The fraction of sp³-hybridized carbons (Fsp3) is 0.118. The number of halogens is 2. The zero-order chi connectivity index (χ0) is 19.1. The summed E-state index contributed by atoms with van der Waals surface area (Å²) in [6.07, 6.45) is 0.860. The third-order valence-corrected chi connectivity index (χ3v) is 4.30. The molecule has 0 bridgehead atoms. The number of phenols is 1. The lowest BCUT2D eigenvalue weighted by Gasteiger charge is -2.07. The zero-order valence-corrected chi connectivity index (χ0v) is 16.8. The molecule has 2 rings (SSSR count). The van der Waals surface area contributed by atoms with Crippen LogP contribution in [0, 0.1) is 0 Å². The number of nitrogens with one attached hydrogen (secondary N) is 2. The molecule has 136 valence electrons. The second kappa shape index (κ2) is 9.35. The number of aromatic hydroxyl groups is 1. The van der Waals surface area contributed by atoms with Crippen molar-refractivity contribution >= 4 is 55.6 Å². The summed E-state index contributed by atoms with van der Waals surface area (Å²) in [7, 11) is 1.42. The smallest absolute Gasteiger partial charge is 0.249 e. The van der Waals surface area contributed by atoms with Crippen molar-refractivity contribution in [3.63, 3.8) is 0 Å². The average Bonchev–Trinajstić information content (AvgIpc) is 2.59. The predicted octanol–water partition coefficient (Wildman–Crippen LogP) is 3.40. The van der Waals surface area contributed by atoms with Crippen molar-refractivity contribution in [2.45, 2.75) is 6.42 Å². The highest BCUT2D eigenvalue weighted by molar-refractivity contribution is 9.10. The van der Waals surface area contributed by atoms with Crippen molar-refractivity contribution in [3.8, 4) is 11.5 Å². The van der Waals surface area contributed by atoms with Crippen LogP contribution in [0.3, 0.4) is 0 Å².